The number of carbonyl (C=O) groups excluding carboxylic acids is 1. The number of piperidine rings is 1. The normalized spacial score (nSPS) is 28.3. The zero-order valence-corrected chi connectivity index (χ0v) is 13.8. The van der Waals surface area contributed by atoms with E-state index in [4.69, 9.17) is 5.73 Å². The Morgan fingerprint density at radius 3 is 2.29 bits per heavy atom. The minimum absolute atomic E-state index is 0. The van der Waals surface area contributed by atoms with E-state index in [9.17, 15) is 4.79 Å². The topological polar surface area (TPSA) is 46.3 Å². The average Bonchev–Trinajstić information content (AvgIpc) is 2.85. The fourth-order valence-electron chi connectivity index (χ4n) is 3.72. The zero-order valence-electron chi connectivity index (χ0n) is 13.0. The lowest BCUT2D eigenvalue weighted by molar-refractivity contribution is -0.135. The van der Waals surface area contributed by atoms with Crippen molar-refractivity contribution in [2.45, 2.75) is 26.8 Å². The Bertz CT molecular complexity index is 503. The molecule has 2 N–H and O–H groups in total. The van der Waals surface area contributed by atoms with Crippen molar-refractivity contribution in [3.8, 4) is 0 Å². The van der Waals surface area contributed by atoms with Crippen molar-refractivity contribution in [3.63, 3.8) is 0 Å². The molecule has 1 heterocycles. The van der Waals surface area contributed by atoms with Crippen LogP contribution in [0.1, 0.15) is 32.4 Å². The van der Waals surface area contributed by atoms with Crippen molar-refractivity contribution in [2.75, 3.05) is 13.1 Å². The number of halogens is 1. The van der Waals surface area contributed by atoms with Gasteiger partial charge in [0.15, 0.2) is 0 Å². The van der Waals surface area contributed by atoms with Crippen molar-refractivity contribution < 1.29 is 4.79 Å². The second-order valence-electron chi connectivity index (χ2n) is 7.00. The van der Waals surface area contributed by atoms with E-state index in [2.05, 4.69) is 13.8 Å². The number of carbonyl (C=O) groups is 1. The highest BCUT2D eigenvalue weighted by Crippen LogP contribution is 2.62. The summed E-state index contributed by atoms with van der Waals surface area (Å²) in [6, 6.07) is 9.70. The molecule has 0 spiro atoms. The van der Waals surface area contributed by atoms with Gasteiger partial charge >= 0.3 is 0 Å². The molecule has 3 rings (SSSR count). The Hall–Kier alpha value is -1.06. The van der Waals surface area contributed by atoms with Crippen LogP contribution < -0.4 is 5.73 Å². The van der Waals surface area contributed by atoms with Crippen LogP contribution in [0.4, 0.5) is 0 Å². The summed E-state index contributed by atoms with van der Waals surface area (Å²) >= 11 is 0. The first-order chi connectivity index (χ1) is 9.43. The van der Waals surface area contributed by atoms with Gasteiger partial charge in [-0.05, 0) is 22.8 Å². The van der Waals surface area contributed by atoms with Crippen LogP contribution in [0.25, 0.3) is 0 Å². The number of hydrogen-bond acceptors (Lipinski definition) is 2. The third kappa shape index (κ3) is 2.69. The summed E-state index contributed by atoms with van der Waals surface area (Å²) in [7, 11) is 0. The van der Waals surface area contributed by atoms with Gasteiger partial charge in [-0.15, -0.1) is 12.4 Å². The number of hydrogen-bond donors (Lipinski definition) is 1. The van der Waals surface area contributed by atoms with E-state index in [1.165, 1.54) is 0 Å². The molecule has 2 fully saturated rings. The van der Waals surface area contributed by atoms with Gasteiger partial charge in [-0.25, -0.2) is 0 Å². The Labute approximate surface area is 133 Å². The molecule has 0 radical (unpaired) electrons. The van der Waals surface area contributed by atoms with E-state index in [0.717, 1.165) is 18.7 Å². The van der Waals surface area contributed by atoms with Crippen LogP contribution in [-0.2, 0) is 4.79 Å². The molecule has 3 nitrogen and oxygen atoms in total. The fraction of sp³-hybridized carbons (Fsp3) is 0.588. The van der Waals surface area contributed by atoms with Gasteiger partial charge in [0.25, 0.3) is 0 Å². The van der Waals surface area contributed by atoms with Crippen LogP contribution in [0.15, 0.2) is 30.3 Å². The lowest BCUT2D eigenvalue weighted by atomic mass is 9.94. The van der Waals surface area contributed by atoms with Gasteiger partial charge in [-0.1, -0.05) is 51.1 Å². The fourth-order valence-corrected chi connectivity index (χ4v) is 3.72. The zero-order chi connectivity index (χ0) is 14.5. The monoisotopic (exact) mass is 308 g/mol. The molecule has 0 bridgehead atoms. The highest BCUT2D eigenvalue weighted by Gasteiger charge is 2.62. The first-order valence-electron chi connectivity index (χ1n) is 7.52. The lowest BCUT2D eigenvalue weighted by Gasteiger charge is -2.28. The molecule has 1 saturated heterocycles. The Morgan fingerprint density at radius 1 is 1.24 bits per heavy atom. The Balaban J connectivity index is 0.00000161. The average molecular weight is 309 g/mol. The van der Waals surface area contributed by atoms with Gasteiger partial charge in [0.2, 0.25) is 5.91 Å². The van der Waals surface area contributed by atoms with Crippen LogP contribution >= 0.6 is 12.4 Å². The molecule has 1 aromatic carbocycles. The van der Waals surface area contributed by atoms with Crippen molar-refractivity contribution in [1.82, 2.24) is 4.90 Å². The van der Waals surface area contributed by atoms with Crippen LogP contribution in [0.5, 0.6) is 0 Å². The molecule has 1 aromatic rings. The number of amides is 1. The maximum absolute atomic E-state index is 12.6. The minimum Gasteiger partial charge on any atom is -0.342 e. The minimum atomic E-state index is -0.214. The largest absolute Gasteiger partial charge is 0.342 e. The molecule has 1 saturated carbocycles. The number of nitrogens with two attached hydrogens (primary N) is 1. The predicted molar refractivity (Wildman–Crippen MR) is 87.1 cm³/mol. The van der Waals surface area contributed by atoms with E-state index >= 15 is 0 Å². The Kier molecular flexibility index (Phi) is 4.36. The van der Waals surface area contributed by atoms with Crippen LogP contribution in [0.2, 0.25) is 0 Å². The number of nitrogens with zero attached hydrogens (tertiary/aromatic N) is 1. The number of benzene rings is 1. The van der Waals surface area contributed by atoms with Gasteiger partial charge in [0.05, 0.1) is 5.92 Å². The SMILES string of the molecule is CC(C(=O)N1CC2C(C1)C2(C)C)C(N)c1ccccc1.Cl. The van der Waals surface area contributed by atoms with E-state index in [1.54, 1.807) is 0 Å². The number of likely N-dealkylation sites (tertiary alicyclic amines) is 1. The molecular formula is C17H25ClN2O. The molecule has 4 heteroatoms. The van der Waals surface area contributed by atoms with Crippen LogP contribution in [0, 0.1) is 23.2 Å². The molecule has 4 atom stereocenters. The maximum atomic E-state index is 12.6. The van der Waals surface area contributed by atoms with E-state index in [1.807, 2.05) is 42.2 Å². The second-order valence-corrected chi connectivity index (χ2v) is 7.00. The summed E-state index contributed by atoms with van der Waals surface area (Å²) in [5.41, 5.74) is 7.74. The molecule has 4 unspecified atom stereocenters. The van der Waals surface area contributed by atoms with E-state index in [-0.39, 0.29) is 30.3 Å². The smallest absolute Gasteiger partial charge is 0.227 e. The van der Waals surface area contributed by atoms with E-state index in [0.29, 0.717) is 17.3 Å². The Morgan fingerprint density at radius 2 is 1.76 bits per heavy atom. The highest BCUT2D eigenvalue weighted by molar-refractivity contribution is 5.85. The van der Waals surface area contributed by atoms with Gasteiger partial charge in [0, 0.05) is 19.1 Å². The predicted octanol–water partition coefficient (Wildman–Crippen LogP) is 2.86. The lowest BCUT2D eigenvalue weighted by Crippen LogP contribution is -2.40. The second kappa shape index (κ2) is 5.62. The number of fused-ring (bicyclic) bond motifs is 1. The van der Waals surface area contributed by atoms with Gasteiger partial charge < -0.3 is 10.6 Å². The van der Waals surface area contributed by atoms with E-state index < -0.39 is 0 Å². The molecule has 21 heavy (non-hydrogen) atoms. The summed E-state index contributed by atoms with van der Waals surface area (Å²) in [6.07, 6.45) is 0. The molecule has 1 aliphatic carbocycles. The molecule has 1 amide bonds. The van der Waals surface area contributed by atoms with Crippen molar-refractivity contribution in [1.29, 1.82) is 0 Å². The summed E-state index contributed by atoms with van der Waals surface area (Å²) in [5, 5.41) is 0. The van der Waals surface area contributed by atoms with Gasteiger partial charge in [-0.3, -0.25) is 4.79 Å². The molecule has 0 aromatic heterocycles. The number of rotatable bonds is 3. The van der Waals surface area contributed by atoms with Gasteiger partial charge in [-0.2, -0.15) is 0 Å². The summed E-state index contributed by atoms with van der Waals surface area (Å²) in [5.74, 6) is 1.46. The molecule has 2 aliphatic rings. The highest BCUT2D eigenvalue weighted by atomic mass is 35.5. The van der Waals surface area contributed by atoms with Crippen molar-refractivity contribution in [3.05, 3.63) is 35.9 Å². The first-order valence-corrected chi connectivity index (χ1v) is 7.52. The quantitative estimate of drug-likeness (QED) is 0.933. The molecule has 1 aliphatic heterocycles. The van der Waals surface area contributed by atoms with Crippen LogP contribution in [0.3, 0.4) is 0 Å². The molecular weight excluding hydrogens is 284 g/mol. The summed E-state index contributed by atoms with van der Waals surface area (Å²) in [4.78, 5) is 14.6. The summed E-state index contributed by atoms with van der Waals surface area (Å²) in [6.45, 7) is 8.41. The van der Waals surface area contributed by atoms with Crippen molar-refractivity contribution in [2.24, 2.45) is 28.9 Å². The standard InChI is InChI=1S/C17H24N2O.ClH/c1-11(15(18)12-7-5-4-6-8-12)16(20)19-9-13-14(10-19)17(13,2)3;/h4-8,11,13-15H,9-10,18H2,1-3H3;1H. The van der Waals surface area contributed by atoms with Crippen LogP contribution in [-0.4, -0.2) is 23.9 Å². The third-order valence-corrected chi connectivity index (χ3v) is 5.55. The first kappa shape index (κ1) is 16.3. The maximum Gasteiger partial charge on any atom is 0.227 e. The third-order valence-electron chi connectivity index (χ3n) is 5.55. The molecule has 116 valence electrons. The van der Waals surface area contributed by atoms with Gasteiger partial charge in [0.1, 0.15) is 0 Å². The van der Waals surface area contributed by atoms with Crippen molar-refractivity contribution >= 4 is 18.3 Å². The summed E-state index contributed by atoms with van der Waals surface area (Å²) < 4.78 is 0.